The first kappa shape index (κ1) is 31.7. The van der Waals surface area contributed by atoms with Crippen molar-refractivity contribution in [3.63, 3.8) is 0 Å². The van der Waals surface area contributed by atoms with Gasteiger partial charge in [-0.1, -0.05) is 43.9 Å². The van der Waals surface area contributed by atoms with Gasteiger partial charge < -0.3 is 19.0 Å². The van der Waals surface area contributed by atoms with E-state index in [0.717, 1.165) is 41.7 Å². The first-order valence-corrected chi connectivity index (χ1v) is 18.8. The van der Waals surface area contributed by atoms with Gasteiger partial charge in [0.25, 0.3) is 10.1 Å². The quantitative estimate of drug-likeness (QED) is 0.134. The summed E-state index contributed by atoms with van der Waals surface area (Å²) in [7, 11) is -4.65. The number of aryl methyl sites for hydroxylation is 1. The van der Waals surface area contributed by atoms with Crippen LogP contribution >= 0.6 is 0 Å². The number of nitrogens with zero attached hydrogens (tertiary/aromatic N) is 5. The largest absolute Gasteiger partial charge is 0.481 e. The van der Waals surface area contributed by atoms with Crippen molar-refractivity contribution in [3.8, 4) is 0 Å². The summed E-state index contributed by atoms with van der Waals surface area (Å²) in [5, 5.41) is 9.08. The van der Waals surface area contributed by atoms with Crippen LogP contribution in [0.25, 0.3) is 0 Å². The number of rotatable bonds is 18. The van der Waals surface area contributed by atoms with Crippen molar-refractivity contribution in [1.82, 2.24) is 24.0 Å². The molecule has 0 aliphatic heterocycles. The highest BCUT2D eigenvalue weighted by atomic mass is 32.2. The molecule has 2 heterocycles. The molecule has 0 saturated heterocycles. The summed E-state index contributed by atoms with van der Waals surface area (Å²) in [4.78, 5) is 22.4. The Morgan fingerprint density at radius 1 is 0.950 bits per heavy atom. The van der Waals surface area contributed by atoms with E-state index >= 15 is 0 Å². The summed E-state index contributed by atoms with van der Waals surface area (Å²) in [6.07, 6.45) is 8.87. The molecule has 0 aliphatic carbocycles. The molecule has 0 amide bonds. The summed E-state index contributed by atoms with van der Waals surface area (Å²) in [5.41, 5.74) is 1.79. The van der Waals surface area contributed by atoms with Gasteiger partial charge in [0, 0.05) is 52.6 Å². The third kappa shape index (κ3) is 11.7. The van der Waals surface area contributed by atoms with Gasteiger partial charge in [-0.3, -0.25) is 13.9 Å². The van der Waals surface area contributed by atoms with Crippen LogP contribution in [0.4, 0.5) is 0 Å². The van der Waals surface area contributed by atoms with E-state index in [1.54, 1.807) is 12.4 Å². The molecule has 0 unspecified atom stereocenters. The Hall–Kier alpha value is -2.84. The van der Waals surface area contributed by atoms with Crippen molar-refractivity contribution in [3.05, 3.63) is 71.8 Å². The molecule has 0 radical (unpaired) electrons. The number of carboxylic acids is 1. The second-order valence-electron chi connectivity index (χ2n) is 11.1. The van der Waals surface area contributed by atoms with E-state index < -0.39 is 24.2 Å². The van der Waals surface area contributed by atoms with Crippen molar-refractivity contribution in [1.29, 1.82) is 0 Å². The molecule has 0 bridgehead atoms. The van der Waals surface area contributed by atoms with Gasteiger partial charge >= 0.3 is 5.97 Å². The van der Waals surface area contributed by atoms with Crippen LogP contribution in [0.1, 0.15) is 29.2 Å². The maximum atomic E-state index is 11.3. The van der Waals surface area contributed by atoms with Crippen molar-refractivity contribution < 1.29 is 27.2 Å². The highest BCUT2D eigenvalue weighted by molar-refractivity contribution is 7.85. The predicted octanol–water partition coefficient (Wildman–Crippen LogP) is 3.59. The molecule has 13 heteroatoms. The van der Waals surface area contributed by atoms with Crippen LogP contribution in [-0.4, -0.2) is 71.0 Å². The van der Waals surface area contributed by atoms with Crippen molar-refractivity contribution in [2.24, 2.45) is 0 Å². The third-order valence-electron chi connectivity index (χ3n) is 6.19. The lowest BCUT2D eigenvalue weighted by atomic mass is 10.1. The SMILES string of the molecule is C[Si](C)(C)CCOCn1ccnc1CN(Cc1ccc(CC(=O)O)cc1)Cc1nccn1CCCOS(C)(=O)=O. The van der Waals surface area contributed by atoms with Crippen LogP contribution < -0.4 is 0 Å². The predicted molar refractivity (Wildman–Crippen MR) is 155 cm³/mol. The van der Waals surface area contributed by atoms with E-state index in [-0.39, 0.29) is 13.0 Å². The third-order valence-corrected chi connectivity index (χ3v) is 8.48. The minimum atomic E-state index is -3.47. The lowest BCUT2D eigenvalue weighted by Gasteiger charge is -2.23. The van der Waals surface area contributed by atoms with Crippen LogP contribution in [0, 0.1) is 0 Å². The van der Waals surface area contributed by atoms with Crippen LogP contribution in [0.15, 0.2) is 49.1 Å². The number of imidazole rings is 2. The summed E-state index contributed by atoms with van der Waals surface area (Å²) < 4.78 is 37.4. The van der Waals surface area contributed by atoms with Crippen LogP contribution in [0.3, 0.4) is 0 Å². The molecule has 220 valence electrons. The molecule has 1 N–H and O–H groups in total. The number of carbonyl (C=O) groups is 1. The Morgan fingerprint density at radius 2 is 1.55 bits per heavy atom. The Kier molecular flexibility index (Phi) is 11.6. The number of benzene rings is 1. The van der Waals surface area contributed by atoms with E-state index in [2.05, 4.69) is 34.5 Å². The molecular formula is C27H41N5O6SSi. The molecule has 3 aromatic rings. The molecule has 1 aromatic carbocycles. The monoisotopic (exact) mass is 591 g/mol. The average Bonchev–Trinajstić information content (AvgIpc) is 3.48. The smallest absolute Gasteiger partial charge is 0.307 e. The van der Waals surface area contributed by atoms with Gasteiger partial charge in [0.05, 0.1) is 32.4 Å². The highest BCUT2D eigenvalue weighted by Crippen LogP contribution is 2.16. The summed E-state index contributed by atoms with van der Waals surface area (Å²) in [6, 6.07) is 8.69. The normalized spacial score (nSPS) is 12.3. The van der Waals surface area contributed by atoms with Crippen molar-refractivity contribution in [2.45, 2.75) is 71.4 Å². The molecule has 0 aliphatic rings. The highest BCUT2D eigenvalue weighted by Gasteiger charge is 2.16. The summed E-state index contributed by atoms with van der Waals surface area (Å²) >= 11 is 0. The number of hydrogen-bond acceptors (Lipinski definition) is 8. The first-order chi connectivity index (χ1) is 18.9. The minimum absolute atomic E-state index is 0.0143. The zero-order valence-electron chi connectivity index (χ0n) is 23.8. The van der Waals surface area contributed by atoms with Gasteiger partial charge in [0.2, 0.25) is 0 Å². The van der Waals surface area contributed by atoms with Crippen LogP contribution in [0.2, 0.25) is 25.7 Å². The average molecular weight is 592 g/mol. The first-order valence-electron chi connectivity index (χ1n) is 13.3. The van der Waals surface area contributed by atoms with Crippen LogP contribution in [-0.2, 0) is 63.2 Å². The van der Waals surface area contributed by atoms with Gasteiger partial charge in [-0.25, -0.2) is 9.97 Å². The fraction of sp³-hybridized carbons (Fsp3) is 0.519. The Morgan fingerprint density at radius 3 is 2.15 bits per heavy atom. The van der Waals surface area contributed by atoms with Crippen molar-refractivity contribution in [2.75, 3.05) is 19.5 Å². The maximum Gasteiger partial charge on any atom is 0.307 e. The lowest BCUT2D eigenvalue weighted by Crippen LogP contribution is -2.27. The number of aromatic nitrogens is 4. The summed E-state index contributed by atoms with van der Waals surface area (Å²) in [6.45, 7) is 10.5. The molecule has 40 heavy (non-hydrogen) atoms. The van der Waals surface area contributed by atoms with E-state index in [1.165, 1.54) is 0 Å². The van der Waals surface area contributed by atoms with Gasteiger partial charge in [-0.15, -0.1) is 0 Å². The van der Waals surface area contributed by atoms with Gasteiger partial charge in [-0.2, -0.15) is 8.42 Å². The number of aliphatic carboxylic acids is 1. The standard InChI is InChI=1S/C27H41N5O6SSi/c1-39(35,36)38-15-5-12-31-13-10-28-25(31)20-30(19-24-8-6-23(7-9-24)18-27(33)34)21-26-29-11-14-32(26)22-37-16-17-40(2,3)4/h6-11,13-14H,5,12,15-22H2,1-4H3,(H,33,34). The summed E-state index contributed by atoms with van der Waals surface area (Å²) in [5.74, 6) is 0.851. The van der Waals surface area contributed by atoms with Gasteiger partial charge in [0.15, 0.2) is 0 Å². The fourth-order valence-corrected chi connectivity index (χ4v) is 5.23. The Bertz CT molecular complexity index is 1320. The second-order valence-corrected chi connectivity index (χ2v) is 18.4. The zero-order chi connectivity index (χ0) is 29.2. The van der Waals surface area contributed by atoms with E-state index in [9.17, 15) is 13.2 Å². The zero-order valence-corrected chi connectivity index (χ0v) is 25.6. The second kappa shape index (κ2) is 14.7. The topological polar surface area (TPSA) is 129 Å². The molecule has 0 saturated carbocycles. The van der Waals surface area contributed by atoms with Crippen molar-refractivity contribution >= 4 is 24.2 Å². The number of ether oxygens (including phenoxy) is 1. The molecule has 0 spiro atoms. The lowest BCUT2D eigenvalue weighted by molar-refractivity contribution is -0.136. The molecule has 11 nitrogen and oxygen atoms in total. The van der Waals surface area contributed by atoms with E-state index in [1.807, 2.05) is 45.8 Å². The van der Waals surface area contributed by atoms with E-state index in [4.69, 9.17) is 14.0 Å². The van der Waals surface area contributed by atoms with Crippen LogP contribution in [0.5, 0.6) is 0 Å². The number of hydrogen-bond donors (Lipinski definition) is 1. The number of carboxylic acid groups (broad SMARTS) is 1. The van der Waals surface area contributed by atoms with E-state index in [0.29, 0.717) is 39.3 Å². The molecule has 3 rings (SSSR count). The molecule has 2 aromatic heterocycles. The van der Waals surface area contributed by atoms with Gasteiger partial charge in [0.1, 0.15) is 18.4 Å². The molecule has 0 fully saturated rings. The fourth-order valence-electron chi connectivity index (χ4n) is 4.05. The Labute approximate surface area is 237 Å². The Balaban J connectivity index is 1.71. The molecule has 0 atom stereocenters. The maximum absolute atomic E-state index is 11.3. The minimum Gasteiger partial charge on any atom is -0.481 e. The molecular weight excluding hydrogens is 550 g/mol. The van der Waals surface area contributed by atoms with Gasteiger partial charge in [-0.05, 0) is 23.6 Å².